The molecule has 0 radical (unpaired) electrons. The van der Waals surface area contributed by atoms with Crippen molar-refractivity contribution in [1.29, 1.82) is 0 Å². The van der Waals surface area contributed by atoms with Crippen molar-refractivity contribution in [2.75, 3.05) is 7.11 Å². The zero-order valence-corrected chi connectivity index (χ0v) is 8.37. The number of aryl methyl sites for hydroxylation is 1. The summed E-state index contributed by atoms with van der Waals surface area (Å²) >= 11 is 0. The normalized spacial score (nSPS) is 10.1. The van der Waals surface area contributed by atoms with Gasteiger partial charge in [-0.2, -0.15) is 0 Å². The topological polar surface area (TPSA) is 25.0 Å². The van der Waals surface area contributed by atoms with Gasteiger partial charge in [0.15, 0.2) is 0 Å². The molecule has 0 saturated carbocycles. The average Bonchev–Trinajstić information content (AvgIpc) is 2.61. The van der Waals surface area contributed by atoms with Crippen LogP contribution in [-0.4, -0.2) is 12.1 Å². The highest BCUT2D eigenvalue weighted by molar-refractivity contribution is 5.62. The van der Waals surface area contributed by atoms with E-state index in [1.54, 1.807) is 7.11 Å². The van der Waals surface area contributed by atoms with Crippen molar-refractivity contribution < 1.29 is 4.74 Å². The van der Waals surface area contributed by atoms with E-state index >= 15 is 0 Å². The van der Waals surface area contributed by atoms with Crippen molar-refractivity contribution in [2.24, 2.45) is 0 Å². The van der Waals surface area contributed by atoms with Gasteiger partial charge in [0.25, 0.3) is 0 Å². The summed E-state index contributed by atoms with van der Waals surface area (Å²) in [5.41, 5.74) is 3.34. The Bertz CT molecular complexity index is 417. The van der Waals surface area contributed by atoms with Gasteiger partial charge in [-0.3, -0.25) is 0 Å². The van der Waals surface area contributed by atoms with Crippen LogP contribution >= 0.6 is 0 Å². The summed E-state index contributed by atoms with van der Waals surface area (Å²) in [5.74, 6) is 0.906. The molecular weight excluding hydrogens is 174 g/mol. The van der Waals surface area contributed by atoms with Crippen LogP contribution in [0.25, 0.3) is 11.3 Å². The lowest BCUT2D eigenvalue weighted by Crippen LogP contribution is -1.81. The molecule has 2 heteroatoms. The van der Waals surface area contributed by atoms with Gasteiger partial charge in [-0.15, -0.1) is 0 Å². The van der Waals surface area contributed by atoms with E-state index in [1.165, 1.54) is 5.56 Å². The molecule has 1 aromatic heterocycles. The lowest BCUT2D eigenvalue weighted by Gasteiger charge is -1.95. The Morgan fingerprint density at radius 2 is 1.86 bits per heavy atom. The predicted octanol–water partition coefficient (Wildman–Crippen LogP) is 3.00. The monoisotopic (exact) mass is 187 g/mol. The van der Waals surface area contributed by atoms with Crippen LogP contribution in [0.5, 0.6) is 5.75 Å². The number of methoxy groups -OCH3 is 1. The Morgan fingerprint density at radius 1 is 1.14 bits per heavy atom. The summed E-state index contributed by atoms with van der Waals surface area (Å²) in [6.07, 6.45) is 0. The van der Waals surface area contributed by atoms with E-state index in [0.29, 0.717) is 0 Å². The first-order valence-corrected chi connectivity index (χ1v) is 4.60. The van der Waals surface area contributed by atoms with E-state index in [9.17, 15) is 0 Å². The van der Waals surface area contributed by atoms with Crippen LogP contribution in [0.15, 0.2) is 36.4 Å². The zero-order valence-electron chi connectivity index (χ0n) is 8.37. The van der Waals surface area contributed by atoms with E-state index in [1.807, 2.05) is 31.2 Å². The predicted molar refractivity (Wildman–Crippen MR) is 57.5 cm³/mol. The molecule has 0 saturated heterocycles. The standard InChI is InChI=1S/C12H13NO/c1-9-12(14-2)8-11(13-9)10-6-4-3-5-7-10/h3-8,13H,1-2H3. The fraction of sp³-hybridized carbons (Fsp3) is 0.167. The lowest BCUT2D eigenvalue weighted by atomic mass is 10.2. The third kappa shape index (κ3) is 1.51. The van der Waals surface area contributed by atoms with Crippen LogP contribution in [0, 0.1) is 6.92 Å². The Balaban J connectivity index is 2.43. The maximum Gasteiger partial charge on any atom is 0.139 e. The number of hydrogen-bond donors (Lipinski definition) is 1. The highest BCUT2D eigenvalue weighted by Gasteiger charge is 2.05. The molecule has 2 nitrogen and oxygen atoms in total. The third-order valence-electron chi connectivity index (χ3n) is 2.27. The fourth-order valence-electron chi connectivity index (χ4n) is 1.52. The molecule has 1 aromatic carbocycles. The maximum absolute atomic E-state index is 5.22. The van der Waals surface area contributed by atoms with E-state index in [-0.39, 0.29) is 0 Å². The van der Waals surface area contributed by atoms with Crippen molar-refractivity contribution in [3.8, 4) is 17.0 Å². The SMILES string of the molecule is COc1cc(-c2ccccc2)[nH]c1C. The van der Waals surface area contributed by atoms with Gasteiger partial charge >= 0.3 is 0 Å². The molecule has 2 aromatic rings. The third-order valence-corrected chi connectivity index (χ3v) is 2.27. The van der Waals surface area contributed by atoms with Crippen molar-refractivity contribution in [3.63, 3.8) is 0 Å². The van der Waals surface area contributed by atoms with Gasteiger partial charge in [-0.05, 0) is 12.5 Å². The first-order chi connectivity index (χ1) is 6.81. The van der Waals surface area contributed by atoms with Gasteiger partial charge in [0, 0.05) is 11.8 Å². The fourth-order valence-corrected chi connectivity index (χ4v) is 1.52. The quantitative estimate of drug-likeness (QED) is 0.768. The Morgan fingerprint density at radius 3 is 2.43 bits per heavy atom. The minimum absolute atomic E-state index is 0.906. The molecule has 0 aliphatic rings. The number of rotatable bonds is 2. The van der Waals surface area contributed by atoms with Crippen LogP contribution in [0.1, 0.15) is 5.69 Å². The number of aromatic nitrogens is 1. The van der Waals surface area contributed by atoms with Gasteiger partial charge < -0.3 is 9.72 Å². The van der Waals surface area contributed by atoms with Crippen molar-refractivity contribution in [2.45, 2.75) is 6.92 Å². The van der Waals surface area contributed by atoms with Crippen LogP contribution in [-0.2, 0) is 0 Å². The second-order valence-corrected chi connectivity index (χ2v) is 3.24. The van der Waals surface area contributed by atoms with Crippen molar-refractivity contribution in [1.82, 2.24) is 4.98 Å². The molecule has 0 aliphatic heterocycles. The number of benzene rings is 1. The molecular formula is C12H13NO. The first kappa shape index (κ1) is 8.88. The number of ether oxygens (including phenoxy) is 1. The van der Waals surface area contributed by atoms with Gasteiger partial charge in [-0.25, -0.2) is 0 Å². The Hall–Kier alpha value is -1.70. The van der Waals surface area contributed by atoms with E-state index in [0.717, 1.165) is 17.1 Å². The molecule has 1 N–H and O–H groups in total. The summed E-state index contributed by atoms with van der Waals surface area (Å²) in [6.45, 7) is 2.01. The second-order valence-electron chi connectivity index (χ2n) is 3.24. The molecule has 2 rings (SSSR count). The molecule has 72 valence electrons. The summed E-state index contributed by atoms with van der Waals surface area (Å²) < 4.78 is 5.22. The molecule has 1 heterocycles. The van der Waals surface area contributed by atoms with Crippen LogP contribution in [0.3, 0.4) is 0 Å². The van der Waals surface area contributed by atoms with Crippen LogP contribution < -0.4 is 4.74 Å². The molecule has 0 spiro atoms. The number of aromatic amines is 1. The van der Waals surface area contributed by atoms with E-state index in [4.69, 9.17) is 4.74 Å². The Labute approximate surface area is 83.5 Å². The number of nitrogens with one attached hydrogen (secondary N) is 1. The minimum atomic E-state index is 0.906. The second kappa shape index (κ2) is 3.58. The molecule has 0 amide bonds. The smallest absolute Gasteiger partial charge is 0.139 e. The van der Waals surface area contributed by atoms with E-state index in [2.05, 4.69) is 17.1 Å². The van der Waals surface area contributed by atoms with Gasteiger partial charge in [0.1, 0.15) is 5.75 Å². The summed E-state index contributed by atoms with van der Waals surface area (Å²) in [7, 11) is 1.69. The Kier molecular flexibility index (Phi) is 2.27. The van der Waals surface area contributed by atoms with Gasteiger partial charge in [0.05, 0.1) is 12.8 Å². The molecule has 0 unspecified atom stereocenters. The zero-order chi connectivity index (χ0) is 9.97. The van der Waals surface area contributed by atoms with Gasteiger partial charge in [-0.1, -0.05) is 30.3 Å². The largest absolute Gasteiger partial charge is 0.495 e. The molecule has 0 bridgehead atoms. The first-order valence-electron chi connectivity index (χ1n) is 4.60. The summed E-state index contributed by atoms with van der Waals surface area (Å²) in [4.78, 5) is 3.29. The molecule has 0 atom stereocenters. The molecule has 0 fully saturated rings. The van der Waals surface area contributed by atoms with Crippen LogP contribution in [0.4, 0.5) is 0 Å². The van der Waals surface area contributed by atoms with Crippen LogP contribution in [0.2, 0.25) is 0 Å². The summed E-state index contributed by atoms with van der Waals surface area (Å²) in [6, 6.07) is 12.2. The van der Waals surface area contributed by atoms with Crippen molar-refractivity contribution in [3.05, 3.63) is 42.1 Å². The van der Waals surface area contributed by atoms with E-state index < -0.39 is 0 Å². The lowest BCUT2D eigenvalue weighted by molar-refractivity contribution is 0.412. The molecule has 14 heavy (non-hydrogen) atoms. The summed E-state index contributed by atoms with van der Waals surface area (Å²) in [5, 5.41) is 0. The minimum Gasteiger partial charge on any atom is -0.495 e. The highest BCUT2D eigenvalue weighted by atomic mass is 16.5. The highest BCUT2D eigenvalue weighted by Crippen LogP contribution is 2.25. The maximum atomic E-state index is 5.22. The molecule has 0 aliphatic carbocycles. The van der Waals surface area contributed by atoms with Crippen molar-refractivity contribution >= 4 is 0 Å². The number of hydrogen-bond acceptors (Lipinski definition) is 1. The van der Waals surface area contributed by atoms with Gasteiger partial charge in [0.2, 0.25) is 0 Å². The number of H-pyrrole nitrogens is 1. The average molecular weight is 187 g/mol.